The maximum Gasteiger partial charge on any atom is 0.194 e. The quantitative estimate of drug-likeness (QED) is 0.285. The number of halogens is 2. The summed E-state index contributed by atoms with van der Waals surface area (Å²) in [6.07, 6.45) is 4.20. The molecule has 0 spiro atoms. The molecule has 0 saturated carbocycles. The number of aliphatic imine (C=N–C) groups is 1. The normalized spacial score (nSPS) is 11.2. The molecule has 2 heterocycles. The van der Waals surface area contributed by atoms with Crippen molar-refractivity contribution in [3.63, 3.8) is 0 Å². The fourth-order valence-corrected chi connectivity index (χ4v) is 2.88. The van der Waals surface area contributed by atoms with E-state index in [-0.39, 0.29) is 29.8 Å². The molecule has 2 aromatic heterocycles. The van der Waals surface area contributed by atoms with Gasteiger partial charge in [0.2, 0.25) is 0 Å². The molecule has 156 valence electrons. The van der Waals surface area contributed by atoms with Crippen molar-refractivity contribution in [2.45, 2.75) is 33.0 Å². The Morgan fingerprint density at radius 1 is 1.31 bits per heavy atom. The first-order valence-electron chi connectivity index (χ1n) is 9.28. The number of nitrogens with one attached hydrogen (secondary N) is 1. The monoisotopic (exact) mass is 512 g/mol. The number of aryl methyl sites for hydroxylation is 1. The van der Waals surface area contributed by atoms with Gasteiger partial charge in [-0.15, -0.1) is 34.2 Å². The summed E-state index contributed by atoms with van der Waals surface area (Å²) in [5.74, 6) is 2.20. The first-order chi connectivity index (χ1) is 13.7. The second-order valence-electron chi connectivity index (χ2n) is 6.43. The summed E-state index contributed by atoms with van der Waals surface area (Å²) >= 11 is 0. The van der Waals surface area contributed by atoms with Gasteiger partial charge in [-0.05, 0) is 29.8 Å². The van der Waals surface area contributed by atoms with E-state index < -0.39 is 0 Å². The predicted molar refractivity (Wildman–Crippen MR) is 121 cm³/mol. The van der Waals surface area contributed by atoms with Crippen LogP contribution in [0.3, 0.4) is 0 Å². The molecule has 0 aliphatic carbocycles. The van der Waals surface area contributed by atoms with Crippen LogP contribution in [0.5, 0.6) is 0 Å². The summed E-state index contributed by atoms with van der Waals surface area (Å²) in [5.41, 5.74) is 0.877. The summed E-state index contributed by atoms with van der Waals surface area (Å²) in [6, 6.07) is 10.3. The molecule has 1 aromatic carbocycles. The summed E-state index contributed by atoms with van der Waals surface area (Å²) in [6.45, 7) is 4.40. The van der Waals surface area contributed by atoms with Gasteiger partial charge in [0.15, 0.2) is 5.96 Å². The lowest BCUT2D eigenvalue weighted by atomic mass is 10.2. The Morgan fingerprint density at radius 2 is 2.17 bits per heavy atom. The highest BCUT2D eigenvalue weighted by molar-refractivity contribution is 14.0. The molecule has 0 radical (unpaired) electrons. The van der Waals surface area contributed by atoms with E-state index in [4.69, 9.17) is 4.42 Å². The Morgan fingerprint density at radius 3 is 2.90 bits per heavy atom. The van der Waals surface area contributed by atoms with Crippen LogP contribution in [0.25, 0.3) is 0 Å². The molecule has 0 bridgehead atoms. The summed E-state index contributed by atoms with van der Waals surface area (Å²) in [5, 5.41) is 11.4. The van der Waals surface area contributed by atoms with Gasteiger partial charge in [-0.1, -0.05) is 19.1 Å². The Balaban J connectivity index is 0.00000300. The molecule has 0 unspecified atom stereocenters. The van der Waals surface area contributed by atoms with Crippen LogP contribution in [0.4, 0.5) is 4.39 Å². The van der Waals surface area contributed by atoms with Crippen molar-refractivity contribution in [2.75, 3.05) is 13.6 Å². The standard InChI is InChI=1S/C20H25FN6O.HI/c1-3-19-25-24-15-27(19)10-9-22-20(23-13-18-8-5-11-28-18)26(2)14-16-6-4-7-17(21)12-16;/h4-8,11-12,15H,3,9-10,13-14H2,1-2H3,(H,22,23);1H. The lowest BCUT2D eigenvalue weighted by Crippen LogP contribution is -2.40. The fourth-order valence-electron chi connectivity index (χ4n) is 2.88. The Bertz CT molecular complexity index is 896. The van der Waals surface area contributed by atoms with E-state index in [9.17, 15) is 4.39 Å². The van der Waals surface area contributed by atoms with E-state index in [1.54, 1.807) is 18.7 Å². The van der Waals surface area contributed by atoms with Gasteiger partial charge in [0, 0.05) is 33.1 Å². The second kappa shape index (κ2) is 11.5. The molecule has 29 heavy (non-hydrogen) atoms. The largest absolute Gasteiger partial charge is 0.467 e. The van der Waals surface area contributed by atoms with Crippen LogP contribution in [0, 0.1) is 5.82 Å². The number of rotatable bonds is 8. The summed E-state index contributed by atoms with van der Waals surface area (Å²) in [4.78, 5) is 6.61. The van der Waals surface area contributed by atoms with Crippen LogP contribution in [-0.4, -0.2) is 39.2 Å². The number of aromatic nitrogens is 3. The number of guanidine groups is 1. The maximum absolute atomic E-state index is 13.5. The van der Waals surface area contributed by atoms with Crippen LogP contribution < -0.4 is 5.32 Å². The van der Waals surface area contributed by atoms with Crippen LogP contribution in [0.2, 0.25) is 0 Å². The van der Waals surface area contributed by atoms with Gasteiger partial charge in [-0.25, -0.2) is 9.38 Å². The minimum atomic E-state index is -0.243. The van der Waals surface area contributed by atoms with Gasteiger partial charge in [-0.2, -0.15) is 0 Å². The second-order valence-corrected chi connectivity index (χ2v) is 6.43. The number of benzene rings is 1. The van der Waals surface area contributed by atoms with Crippen molar-refractivity contribution in [3.05, 3.63) is 72.0 Å². The van der Waals surface area contributed by atoms with Crippen molar-refractivity contribution >= 4 is 29.9 Å². The molecular weight excluding hydrogens is 486 g/mol. The van der Waals surface area contributed by atoms with Crippen LogP contribution in [-0.2, 0) is 26.1 Å². The van der Waals surface area contributed by atoms with Gasteiger partial charge < -0.3 is 19.2 Å². The topological polar surface area (TPSA) is 71.5 Å². The third kappa shape index (κ3) is 6.84. The Labute approximate surface area is 187 Å². The lowest BCUT2D eigenvalue weighted by molar-refractivity contribution is 0.463. The zero-order chi connectivity index (χ0) is 19.8. The van der Waals surface area contributed by atoms with E-state index in [1.807, 2.05) is 34.7 Å². The molecule has 0 saturated heterocycles. The van der Waals surface area contributed by atoms with Crippen molar-refractivity contribution in [2.24, 2.45) is 4.99 Å². The minimum Gasteiger partial charge on any atom is -0.467 e. The lowest BCUT2D eigenvalue weighted by Gasteiger charge is -2.23. The highest BCUT2D eigenvalue weighted by Crippen LogP contribution is 2.08. The van der Waals surface area contributed by atoms with Crippen molar-refractivity contribution in [1.29, 1.82) is 0 Å². The van der Waals surface area contributed by atoms with Crippen LogP contribution >= 0.6 is 24.0 Å². The fraction of sp³-hybridized carbons (Fsp3) is 0.350. The molecule has 0 atom stereocenters. The highest BCUT2D eigenvalue weighted by atomic mass is 127. The van der Waals surface area contributed by atoms with Crippen LogP contribution in [0.1, 0.15) is 24.1 Å². The van der Waals surface area contributed by atoms with E-state index >= 15 is 0 Å². The van der Waals surface area contributed by atoms with Gasteiger partial charge in [0.05, 0.1) is 6.26 Å². The predicted octanol–water partition coefficient (Wildman–Crippen LogP) is 3.47. The van der Waals surface area contributed by atoms with Gasteiger partial charge in [-0.3, -0.25) is 0 Å². The molecule has 0 aliphatic heterocycles. The third-order valence-corrected chi connectivity index (χ3v) is 4.28. The molecule has 7 nitrogen and oxygen atoms in total. The van der Waals surface area contributed by atoms with Crippen molar-refractivity contribution < 1.29 is 8.81 Å². The van der Waals surface area contributed by atoms with Gasteiger partial charge in [0.1, 0.15) is 30.3 Å². The molecule has 1 N–H and O–H groups in total. The van der Waals surface area contributed by atoms with E-state index in [2.05, 4.69) is 27.4 Å². The molecule has 3 aromatic rings. The molecule has 0 amide bonds. The molecular formula is C20H26FIN6O. The third-order valence-electron chi connectivity index (χ3n) is 4.28. The smallest absolute Gasteiger partial charge is 0.194 e. The number of nitrogens with zero attached hydrogens (tertiary/aromatic N) is 5. The summed E-state index contributed by atoms with van der Waals surface area (Å²) < 4.78 is 20.9. The summed E-state index contributed by atoms with van der Waals surface area (Å²) in [7, 11) is 1.93. The molecule has 9 heteroatoms. The molecule has 3 rings (SSSR count). The number of hydrogen-bond donors (Lipinski definition) is 1. The number of hydrogen-bond acceptors (Lipinski definition) is 4. The van der Waals surface area contributed by atoms with E-state index in [0.717, 1.165) is 30.1 Å². The van der Waals surface area contributed by atoms with Gasteiger partial charge in [0.25, 0.3) is 0 Å². The number of furan rings is 1. The van der Waals surface area contributed by atoms with Crippen LogP contribution in [0.15, 0.2) is 58.4 Å². The van der Waals surface area contributed by atoms with Crippen molar-refractivity contribution in [3.8, 4) is 0 Å². The maximum atomic E-state index is 13.5. The van der Waals surface area contributed by atoms with E-state index in [1.165, 1.54) is 12.1 Å². The van der Waals surface area contributed by atoms with E-state index in [0.29, 0.717) is 25.6 Å². The Hall–Kier alpha value is -2.43. The average Bonchev–Trinajstić information content (AvgIpc) is 3.36. The van der Waals surface area contributed by atoms with Gasteiger partial charge >= 0.3 is 0 Å². The first kappa shape index (κ1) is 22.9. The minimum absolute atomic E-state index is 0. The zero-order valence-corrected chi connectivity index (χ0v) is 18.9. The Kier molecular flexibility index (Phi) is 9.10. The molecule has 0 aliphatic rings. The SMILES string of the molecule is CCc1nncn1CCNC(=NCc1ccco1)N(C)Cc1cccc(F)c1.I. The van der Waals surface area contributed by atoms with Crippen molar-refractivity contribution in [1.82, 2.24) is 25.0 Å². The average molecular weight is 512 g/mol. The first-order valence-corrected chi connectivity index (χ1v) is 9.28. The highest BCUT2D eigenvalue weighted by Gasteiger charge is 2.09. The molecule has 0 fully saturated rings. The zero-order valence-electron chi connectivity index (χ0n) is 16.6.